The van der Waals surface area contributed by atoms with Gasteiger partial charge in [-0.25, -0.2) is 0 Å². The summed E-state index contributed by atoms with van der Waals surface area (Å²) in [5.74, 6) is 2.16. The van der Waals surface area contributed by atoms with E-state index >= 15 is 0 Å². The molecule has 1 aliphatic rings. The number of methoxy groups -OCH3 is 1. The van der Waals surface area contributed by atoms with Crippen molar-refractivity contribution in [3.63, 3.8) is 0 Å². The highest BCUT2D eigenvalue weighted by Gasteiger charge is 2.34. The Hall–Kier alpha value is -1.49. The summed E-state index contributed by atoms with van der Waals surface area (Å²) in [6.45, 7) is 2.25. The van der Waals surface area contributed by atoms with Crippen molar-refractivity contribution < 1.29 is 4.74 Å². The largest absolute Gasteiger partial charge is 0.495 e. The zero-order valence-corrected chi connectivity index (χ0v) is 8.45. The second-order valence-electron chi connectivity index (χ2n) is 3.89. The van der Waals surface area contributed by atoms with Crippen LogP contribution in [0.2, 0.25) is 0 Å². The molecule has 1 aliphatic carbocycles. The average Bonchev–Trinajstić information content (AvgIpc) is 2.94. The number of nitriles is 1. The van der Waals surface area contributed by atoms with E-state index in [0.29, 0.717) is 17.2 Å². The van der Waals surface area contributed by atoms with Gasteiger partial charge in [0.15, 0.2) is 0 Å². The summed E-state index contributed by atoms with van der Waals surface area (Å²) in [6, 6.07) is 8.00. The van der Waals surface area contributed by atoms with E-state index in [1.165, 1.54) is 12.0 Å². The minimum atomic E-state index is 0.615. The molecule has 0 radical (unpaired) electrons. The molecule has 2 nitrogen and oxygen atoms in total. The molecule has 0 unspecified atom stereocenters. The summed E-state index contributed by atoms with van der Waals surface area (Å²) in [6.07, 6.45) is 1.26. The van der Waals surface area contributed by atoms with Gasteiger partial charge in [-0.2, -0.15) is 5.26 Å². The maximum absolute atomic E-state index is 8.82. The highest BCUT2D eigenvalue weighted by atomic mass is 16.5. The summed E-state index contributed by atoms with van der Waals surface area (Å²) in [5, 5.41) is 8.82. The van der Waals surface area contributed by atoms with Gasteiger partial charge in [0.2, 0.25) is 0 Å². The van der Waals surface area contributed by atoms with Crippen LogP contribution in [0.3, 0.4) is 0 Å². The van der Waals surface area contributed by atoms with Crippen molar-refractivity contribution in [3.05, 3.63) is 29.3 Å². The van der Waals surface area contributed by atoms with Crippen LogP contribution in [0.4, 0.5) is 0 Å². The van der Waals surface area contributed by atoms with Crippen molar-refractivity contribution in [2.24, 2.45) is 5.92 Å². The molecule has 0 N–H and O–H groups in total. The van der Waals surface area contributed by atoms with Crippen molar-refractivity contribution in [2.45, 2.75) is 19.3 Å². The molecule has 0 amide bonds. The molecule has 14 heavy (non-hydrogen) atoms. The van der Waals surface area contributed by atoms with Gasteiger partial charge in [0.1, 0.15) is 11.8 Å². The Morgan fingerprint density at radius 2 is 2.21 bits per heavy atom. The summed E-state index contributed by atoms with van der Waals surface area (Å²) >= 11 is 0. The Kier molecular flexibility index (Phi) is 2.17. The molecule has 2 heteroatoms. The van der Waals surface area contributed by atoms with E-state index in [4.69, 9.17) is 10.00 Å². The molecule has 0 saturated heterocycles. The van der Waals surface area contributed by atoms with Gasteiger partial charge in [0.05, 0.1) is 12.7 Å². The third-order valence-corrected chi connectivity index (χ3v) is 2.88. The fourth-order valence-corrected chi connectivity index (χ4v) is 1.82. The van der Waals surface area contributed by atoms with Crippen LogP contribution in [0.15, 0.2) is 18.2 Å². The molecule has 0 heterocycles. The van der Waals surface area contributed by atoms with E-state index < -0.39 is 0 Å². The summed E-state index contributed by atoms with van der Waals surface area (Å²) < 4.78 is 5.17. The second kappa shape index (κ2) is 3.34. The number of benzene rings is 1. The van der Waals surface area contributed by atoms with E-state index in [2.05, 4.69) is 13.0 Å². The summed E-state index contributed by atoms with van der Waals surface area (Å²) in [7, 11) is 1.61. The van der Waals surface area contributed by atoms with Crippen molar-refractivity contribution in [1.29, 1.82) is 5.26 Å². The monoisotopic (exact) mass is 187 g/mol. The topological polar surface area (TPSA) is 33.0 Å². The minimum Gasteiger partial charge on any atom is -0.495 e. The average molecular weight is 187 g/mol. The number of ether oxygens (including phenoxy) is 1. The minimum absolute atomic E-state index is 0.615. The lowest BCUT2D eigenvalue weighted by Gasteiger charge is -2.05. The molecule has 0 bridgehead atoms. The SMILES string of the molecule is COc1cc([C@H]2C[C@@H]2C)ccc1C#N. The standard InChI is InChI=1S/C12H13NO/c1-8-5-11(8)9-3-4-10(7-13)12(6-9)14-2/h3-4,6,8,11H,5H2,1-2H3/t8-,11-/m0/s1. The molecule has 1 fully saturated rings. The molecule has 1 aromatic carbocycles. The summed E-state index contributed by atoms with van der Waals surface area (Å²) in [5.41, 5.74) is 1.91. The maximum Gasteiger partial charge on any atom is 0.136 e. The number of nitrogens with zero attached hydrogens (tertiary/aromatic N) is 1. The number of hydrogen-bond donors (Lipinski definition) is 0. The van der Waals surface area contributed by atoms with Crippen LogP contribution in [0.25, 0.3) is 0 Å². The Balaban J connectivity index is 2.33. The molecule has 0 aromatic heterocycles. The Bertz CT molecular complexity index is 392. The fraction of sp³-hybridized carbons (Fsp3) is 0.417. The number of hydrogen-bond acceptors (Lipinski definition) is 2. The van der Waals surface area contributed by atoms with Gasteiger partial charge in [0, 0.05) is 0 Å². The van der Waals surface area contributed by atoms with Gasteiger partial charge in [-0.1, -0.05) is 13.0 Å². The molecular weight excluding hydrogens is 174 g/mol. The smallest absolute Gasteiger partial charge is 0.136 e. The van der Waals surface area contributed by atoms with Crippen LogP contribution in [0.1, 0.15) is 30.4 Å². The van der Waals surface area contributed by atoms with Gasteiger partial charge in [-0.05, 0) is 36.0 Å². The van der Waals surface area contributed by atoms with Crippen molar-refractivity contribution in [3.8, 4) is 11.8 Å². The van der Waals surface area contributed by atoms with E-state index in [9.17, 15) is 0 Å². The van der Waals surface area contributed by atoms with E-state index in [0.717, 1.165) is 5.92 Å². The Morgan fingerprint density at radius 1 is 1.50 bits per heavy atom. The first-order valence-corrected chi connectivity index (χ1v) is 4.84. The molecule has 0 aliphatic heterocycles. The molecule has 2 rings (SSSR count). The van der Waals surface area contributed by atoms with Gasteiger partial charge < -0.3 is 4.74 Å². The van der Waals surface area contributed by atoms with Crippen LogP contribution < -0.4 is 4.74 Å². The molecule has 2 atom stereocenters. The van der Waals surface area contributed by atoms with Crippen LogP contribution >= 0.6 is 0 Å². The van der Waals surface area contributed by atoms with Gasteiger partial charge >= 0.3 is 0 Å². The second-order valence-corrected chi connectivity index (χ2v) is 3.89. The maximum atomic E-state index is 8.82. The van der Waals surface area contributed by atoms with E-state index in [1.807, 2.05) is 18.2 Å². The third kappa shape index (κ3) is 1.46. The Morgan fingerprint density at radius 3 is 2.71 bits per heavy atom. The van der Waals surface area contributed by atoms with Gasteiger partial charge in [-0.3, -0.25) is 0 Å². The third-order valence-electron chi connectivity index (χ3n) is 2.88. The molecule has 0 spiro atoms. The molecule has 72 valence electrons. The lowest BCUT2D eigenvalue weighted by molar-refractivity contribution is 0.413. The van der Waals surface area contributed by atoms with Crippen molar-refractivity contribution in [2.75, 3.05) is 7.11 Å². The Labute approximate surface area is 84.1 Å². The highest BCUT2D eigenvalue weighted by molar-refractivity contribution is 5.47. The van der Waals surface area contributed by atoms with Crippen LogP contribution in [0.5, 0.6) is 5.75 Å². The zero-order valence-electron chi connectivity index (χ0n) is 8.45. The zero-order chi connectivity index (χ0) is 10.1. The van der Waals surface area contributed by atoms with Gasteiger partial charge in [-0.15, -0.1) is 0 Å². The fourth-order valence-electron chi connectivity index (χ4n) is 1.82. The predicted octanol–water partition coefficient (Wildman–Crippen LogP) is 2.69. The lowest BCUT2D eigenvalue weighted by Crippen LogP contribution is -1.90. The van der Waals surface area contributed by atoms with Crippen molar-refractivity contribution >= 4 is 0 Å². The first kappa shape index (κ1) is 9.08. The van der Waals surface area contributed by atoms with Gasteiger partial charge in [0.25, 0.3) is 0 Å². The number of rotatable bonds is 2. The predicted molar refractivity (Wildman–Crippen MR) is 54.2 cm³/mol. The first-order valence-electron chi connectivity index (χ1n) is 4.84. The van der Waals surface area contributed by atoms with Crippen LogP contribution in [-0.4, -0.2) is 7.11 Å². The quantitative estimate of drug-likeness (QED) is 0.713. The lowest BCUT2D eigenvalue weighted by atomic mass is 10.1. The van der Waals surface area contributed by atoms with Crippen LogP contribution in [0, 0.1) is 17.2 Å². The van der Waals surface area contributed by atoms with E-state index in [1.54, 1.807) is 7.11 Å². The molecular formula is C12H13NO. The molecule has 1 aromatic rings. The molecule has 1 saturated carbocycles. The van der Waals surface area contributed by atoms with Crippen molar-refractivity contribution in [1.82, 2.24) is 0 Å². The van der Waals surface area contributed by atoms with Crippen LogP contribution in [-0.2, 0) is 0 Å². The first-order chi connectivity index (χ1) is 6.76. The summed E-state index contributed by atoms with van der Waals surface area (Å²) in [4.78, 5) is 0. The highest BCUT2D eigenvalue weighted by Crippen LogP contribution is 2.47. The normalized spacial score (nSPS) is 24.1. The van der Waals surface area contributed by atoms with E-state index in [-0.39, 0.29) is 0 Å².